The normalized spacial score (nSPS) is 17.4. The van der Waals surface area contributed by atoms with Gasteiger partial charge in [-0.3, -0.25) is 4.79 Å². The van der Waals surface area contributed by atoms with Crippen molar-refractivity contribution in [1.29, 1.82) is 0 Å². The average molecular weight is 508 g/mol. The van der Waals surface area contributed by atoms with E-state index in [9.17, 15) is 9.59 Å². The number of aromatic amines is 1. The molecule has 1 aromatic carbocycles. The molecule has 36 heavy (non-hydrogen) atoms. The molecule has 0 amide bonds. The van der Waals surface area contributed by atoms with Crippen LogP contribution in [0.5, 0.6) is 0 Å². The predicted molar refractivity (Wildman–Crippen MR) is 137 cm³/mol. The summed E-state index contributed by atoms with van der Waals surface area (Å²) < 4.78 is 0. The smallest absolute Gasteiger partial charge is 0.330 e. The highest BCUT2D eigenvalue weighted by molar-refractivity contribution is 6.31. The lowest BCUT2D eigenvalue weighted by Gasteiger charge is -2.14. The van der Waals surface area contributed by atoms with Crippen LogP contribution in [0.4, 0.5) is 0 Å². The van der Waals surface area contributed by atoms with Crippen LogP contribution in [0.1, 0.15) is 85.6 Å². The third-order valence-electron chi connectivity index (χ3n) is 7.20. The topological polar surface area (TPSA) is 114 Å². The number of halogens is 1. The van der Waals surface area contributed by atoms with E-state index >= 15 is 0 Å². The summed E-state index contributed by atoms with van der Waals surface area (Å²) in [7, 11) is 0. The molecule has 0 unspecified atom stereocenters. The quantitative estimate of drug-likeness (QED) is 0.424. The van der Waals surface area contributed by atoms with E-state index in [1.54, 1.807) is 0 Å². The monoisotopic (exact) mass is 507 g/mol. The van der Waals surface area contributed by atoms with Crippen molar-refractivity contribution in [1.82, 2.24) is 25.2 Å². The number of pyridine rings is 1. The van der Waals surface area contributed by atoms with Gasteiger partial charge in [0.1, 0.15) is 0 Å². The van der Waals surface area contributed by atoms with Gasteiger partial charge in [-0.05, 0) is 79.3 Å². The van der Waals surface area contributed by atoms with Crippen LogP contribution in [0.3, 0.4) is 0 Å². The molecule has 2 heterocycles. The van der Waals surface area contributed by atoms with Gasteiger partial charge in [-0.15, -0.1) is 15.0 Å². The maximum atomic E-state index is 12.8. The molecule has 0 radical (unpaired) electrons. The van der Waals surface area contributed by atoms with Crippen molar-refractivity contribution >= 4 is 23.1 Å². The molecule has 0 saturated heterocycles. The van der Waals surface area contributed by atoms with Gasteiger partial charge in [0, 0.05) is 28.3 Å². The molecule has 1 atom stereocenters. The summed E-state index contributed by atoms with van der Waals surface area (Å²) >= 11 is 6.71. The van der Waals surface area contributed by atoms with Gasteiger partial charge in [0.25, 0.3) is 5.56 Å². The van der Waals surface area contributed by atoms with Crippen LogP contribution in [0, 0.1) is 5.92 Å². The number of carbonyl (C=O) groups is 1. The summed E-state index contributed by atoms with van der Waals surface area (Å²) in [4.78, 5) is 28.1. The number of aromatic nitrogens is 5. The predicted octanol–water partition coefficient (Wildman–Crippen LogP) is 4.94. The van der Waals surface area contributed by atoms with E-state index in [-0.39, 0.29) is 5.56 Å². The molecule has 3 aromatic rings. The van der Waals surface area contributed by atoms with Gasteiger partial charge >= 0.3 is 5.97 Å². The number of rotatable bonds is 9. The molecule has 2 saturated carbocycles. The number of H-pyrrole nitrogens is 1. The summed E-state index contributed by atoms with van der Waals surface area (Å²) in [5, 5.41) is 21.7. The Morgan fingerprint density at radius 1 is 1.19 bits per heavy atom. The highest BCUT2D eigenvalue weighted by Crippen LogP contribution is 2.39. The van der Waals surface area contributed by atoms with Gasteiger partial charge in [-0.2, -0.15) is 0 Å². The largest absolute Gasteiger partial charge is 0.480 e. The van der Waals surface area contributed by atoms with Crippen molar-refractivity contribution in [2.45, 2.75) is 70.3 Å². The Hall–Kier alpha value is -3.26. The lowest BCUT2D eigenvalue weighted by molar-refractivity contribution is -0.141. The second kappa shape index (κ2) is 10.4. The maximum Gasteiger partial charge on any atom is 0.330 e. The highest BCUT2D eigenvalue weighted by Gasteiger charge is 2.26. The Morgan fingerprint density at radius 3 is 2.64 bits per heavy atom. The van der Waals surface area contributed by atoms with Gasteiger partial charge in [-0.1, -0.05) is 48.7 Å². The van der Waals surface area contributed by atoms with Crippen LogP contribution in [0.2, 0.25) is 5.02 Å². The summed E-state index contributed by atoms with van der Waals surface area (Å²) in [6.45, 7) is 1.51. The number of nitrogens with one attached hydrogen (secondary N) is 1. The number of aryl methyl sites for hydroxylation is 2. The van der Waals surface area contributed by atoms with Crippen LogP contribution < -0.4 is 5.56 Å². The summed E-state index contributed by atoms with van der Waals surface area (Å²) in [6, 6.07) is 9.15. The zero-order valence-corrected chi connectivity index (χ0v) is 21.0. The molecular weight excluding hydrogens is 478 g/mol. The third kappa shape index (κ3) is 5.43. The molecule has 2 aliphatic rings. The number of aliphatic carboxylic acids is 1. The first-order valence-electron chi connectivity index (χ1n) is 12.6. The van der Waals surface area contributed by atoms with Crippen molar-refractivity contribution < 1.29 is 9.90 Å². The van der Waals surface area contributed by atoms with E-state index in [4.69, 9.17) is 16.7 Å². The molecule has 5 rings (SSSR count). The van der Waals surface area contributed by atoms with Crippen molar-refractivity contribution in [3.05, 3.63) is 80.0 Å². The minimum Gasteiger partial charge on any atom is -0.480 e. The number of carboxylic acid groups (broad SMARTS) is 1. The van der Waals surface area contributed by atoms with Crippen molar-refractivity contribution in [2.24, 2.45) is 5.92 Å². The van der Waals surface area contributed by atoms with Gasteiger partial charge in [0.2, 0.25) is 0 Å². The summed E-state index contributed by atoms with van der Waals surface area (Å²) in [5.74, 6) is 0.357. The first-order valence-corrected chi connectivity index (χ1v) is 13.0. The molecule has 2 aromatic heterocycles. The maximum absolute atomic E-state index is 12.8. The van der Waals surface area contributed by atoms with Crippen LogP contribution in [-0.4, -0.2) is 36.3 Å². The third-order valence-corrected chi connectivity index (χ3v) is 7.56. The zero-order chi connectivity index (χ0) is 25.2. The fourth-order valence-electron chi connectivity index (χ4n) is 4.84. The molecule has 2 aliphatic carbocycles. The van der Waals surface area contributed by atoms with Crippen LogP contribution >= 0.6 is 11.6 Å². The average Bonchev–Trinajstić information content (AvgIpc) is 3.36. The molecule has 8 nitrogen and oxygen atoms in total. The van der Waals surface area contributed by atoms with Crippen LogP contribution in [-0.2, 0) is 17.6 Å². The lowest BCUT2D eigenvalue weighted by atomic mass is 9.94. The van der Waals surface area contributed by atoms with Crippen LogP contribution in [0.25, 0.3) is 5.57 Å². The lowest BCUT2D eigenvalue weighted by Crippen LogP contribution is -2.18. The number of hydrogen-bond acceptors (Lipinski definition) is 5. The molecule has 188 valence electrons. The molecule has 2 fully saturated rings. The second-order valence-corrected chi connectivity index (χ2v) is 10.3. The van der Waals surface area contributed by atoms with E-state index < -0.39 is 12.0 Å². The van der Waals surface area contributed by atoms with E-state index in [0.29, 0.717) is 35.5 Å². The van der Waals surface area contributed by atoms with Crippen molar-refractivity contribution in [3.8, 4) is 0 Å². The fraction of sp³-hybridized carbons (Fsp3) is 0.444. The number of carboxylic acids is 1. The summed E-state index contributed by atoms with van der Waals surface area (Å²) in [5.41, 5.74) is 4.66. The van der Waals surface area contributed by atoms with E-state index in [2.05, 4.69) is 26.5 Å². The minimum absolute atomic E-state index is 0.00722. The molecule has 0 bridgehead atoms. The molecule has 2 N–H and O–H groups in total. The van der Waals surface area contributed by atoms with Crippen molar-refractivity contribution in [2.75, 3.05) is 0 Å². The molecular formula is C27H30ClN5O3. The minimum atomic E-state index is -1.01. The van der Waals surface area contributed by atoms with Crippen molar-refractivity contribution in [3.63, 3.8) is 0 Å². The highest BCUT2D eigenvalue weighted by atomic mass is 35.5. The Balaban J connectivity index is 1.37. The van der Waals surface area contributed by atoms with Gasteiger partial charge in [-0.25, -0.2) is 4.79 Å². The fourth-order valence-corrected chi connectivity index (χ4v) is 5.12. The first-order chi connectivity index (χ1) is 17.4. The van der Waals surface area contributed by atoms with Crippen LogP contribution in [0.15, 0.2) is 41.2 Å². The van der Waals surface area contributed by atoms with E-state index in [1.165, 1.54) is 19.8 Å². The summed E-state index contributed by atoms with van der Waals surface area (Å²) in [6.07, 6.45) is 10.4. The Labute approximate surface area is 214 Å². The number of tetrazole rings is 1. The van der Waals surface area contributed by atoms with E-state index in [0.717, 1.165) is 58.4 Å². The number of hydrogen-bond donors (Lipinski definition) is 2. The van der Waals surface area contributed by atoms with E-state index in [1.807, 2.05) is 30.3 Å². The number of benzene rings is 1. The molecule has 0 aliphatic heterocycles. The standard InChI is InChI=1S/C27H30ClN5O3/c1-16(27(35)36)33-31-25(30-32-33)13-10-19-8-9-20(15-23(19)28)22(14-17-4-2-3-5-17)24-12-11-21(18-6-7-18)26(34)29-24/h8-9,11-12,14-18H,2-7,10,13H2,1H3,(H,29,34)(H,35,36)/b22-14+/t16-/m1/s1. The van der Waals surface area contributed by atoms with Gasteiger partial charge in [0.15, 0.2) is 11.9 Å². The number of nitrogens with zero attached hydrogens (tertiary/aromatic N) is 4. The Bertz CT molecular complexity index is 1350. The first kappa shape index (κ1) is 24.4. The Kier molecular flexibility index (Phi) is 7.05. The molecule has 9 heteroatoms. The van der Waals surface area contributed by atoms with Gasteiger partial charge < -0.3 is 10.1 Å². The number of allylic oxidation sites excluding steroid dienone is 1. The molecule has 0 spiro atoms. The second-order valence-electron chi connectivity index (χ2n) is 9.90. The SMILES string of the molecule is C[C@H](C(=O)O)n1nnc(CCc2ccc(/C(=C\C3CCCC3)c3ccc(C4CC4)c(=O)[nH]3)cc2Cl)n1. The van der Waals surface area contributed by atoms with Gasteiger partial charge in [0.05, 0.1) is 0 Å². The zero-order valence-electron chi connectivity index (χ0n) is 20.3. The Morgan fingerprint density at radius 2 is 1.97 bits per heavy atom.